The standard InChI is InChI=1S/C14H30N2O2/c1-4-7-15-14(3,12-17)6-5-8-16-9-10-18-11-13(16)2/h13,15,17H,4-12H2,1-3H3. The third kappa shape index (κ3) is 5.22. The monoisotopic (exact) mass is 258 g/mol. The second-order valence-corrected chi connectivity index (χ2v) is 5.71. The van der Waals surface area contributed by atoms with Gasteiger partial charge in [0.1, 0.15) is 0 Å². The van der Waals surface area contributed by atoms with E-state index in [2.05, 4.69) is 31.0 Å². The maximum Gasteiger partial charge on any atom is 0.0619 e. The zero-order valence-electron chi connectivity index (χ0n) is 12.2. The summed E-state index contributed by atoms with van der Waals surface area (Å²) in [5.74, 6) is 0. The van der Waals surface area contributed by atoms with Crippen molar-refractivity contribution in [2.75, 3.05) is 39.5 Å². The van der Waals surface area contributed by atoms with Crippen molar-refractivity contribution in [3.63, 3.8) is 0 Å². The van der Waals surface area contributed by atoms with Gasteiger partial charge in [0.2, 0.25) is 0 Å². The Kier molecular flexibility index (Phi) is 7.15. The predicted octanol–water partition coefficient (Wildman–Crippen LogP) is 1.24. The van der Waals surface area contributed by atoms with Gasteiger partial charge in [0.15, 0.2) is 0 Å². The minimum absolute atomic E-state index is 0.120. The second-order valence-electron chi connectivity index (χ2n) is 5.71. The topological polar surface area (TPSA) is 44.7 Å². The quantitative estimate of drug-likeness (QED) is 0.687. The normalized spacial score (nSPS) is 25.0. The fourth-order valence-electron chi connectivity index (χ4n) is 2.42. The molecule has 108 valence electrons. The maximum absolute atomic E-state index is 9.50. The van der Waals surface area contributed by atoms with Gasteiger partial charge in [-0.15, -0.1) is 0 Å². The van der Waals surface area contributed by atoms with Gasteiger partial charge < -0.3 is 15.2 Å². The summed E-state index contributed by atoms with van der Waals surface area (Å²) in [5, 5.41) is 13.0. The van der Waals surface area contributed by atoms with Crippen LogP contribution >= 0.6 is 0 Å². The molecule has 2 atom stereocenters. The molecule has 0 spiro atoms. The van der Waals surface area contributed by atoms with E-state index in [4.69, 9.17) is 4.74 Å². The minimum Gasteiger partial charge on any atom is -0.394 e. The van der Waals surface area contributed by atoms with Gasteiger partial charge in [-0.1, -0.05) is 6.92 Å². The molecular formula is C14H30N2O2. The number of nitrogens with zero attached hydrogens (tertiary/aromatic N) is 1. The van der Waals surface area contributed by atoms with E-state index in [0.717, 1.165) is 52.1 Å². The summed E-state index contributed by atoms with van der Waals surface area (Å²) in [5.41, 5.74) is -0.120. The predicted molar refractivity (Wildman–Crippen MR) is 74.9 cm³/mol. The number of hydrogen-bond acceptors (Lipinski definition) is 4. The van der Waals surface area contributed by atoms with Crippen molar-refractivity contribution in [1.29, 1.82) is 0 Å². The average molecular weight is 258 g/mol. The van der Waals surface area contributed by atoms with Gasteiger partial charge >= 0.3 is 0 Å². The van der Waals surface area contributed by atoms with Crippen molar-refractivity contribution in [1.82, 2.24) is 10.2 Å². The van der Waals surface area contributed by atoms with Crippen molar-refractivity contribution >= 4 is 0 Å². The van der Waals surface area contributed by atoms with Crippen LogP contribution in [0.4, 0.5) is 0 Å². The Hall–Kier alpha value is -0.160. The van der Waals surface area contributed by atoms with Crippen molar-refractivity contribution < 1.29 is 9.84 Å². The molecule has 0 bridgehead atoms. The number of aliphatic hydroxyl groups excluding tert-OH is 1. The molecule has 2 unspecified atom stereocenters. The van der Waals surface area contributed by atoms with Crippen molar-refractivity contribution in [2.24, 2.45) is 0 Å². The Morgan fingerprint density at radius 1 is 1.50 bits per heavy atom. The second kappa shape index (κ2) is 8.10. The lowest BCUT2D eigenvalue weighted by atomic mass is 9.96. The van der Waals surface area contributed by atoms with E-state index in [1.54, 1.807) is 0 Å². The molecule has 1 saturated heterocycles. The van der Waals surface area contributed by atoms with E-state index in [-0.39, 0.29) is 12.1 Å². The molecule has 0 aromatic rings. The van der Waals surface area contributed by atoms with Crippen LogP contribution in [0.1, 0.15) is 40.0 Å². The SMILES string of the molecule is CCCNC(C)(CO)CCCN1CCOCC1C. The zero-order valence-corrected chi connectivity index (χ0v) is 12.2. The van der Waals surface area contributed by atoms with Crippen LogP contribution in [0.3, 0.4) is 0 Å². The highest BCUT2D eigenvalue weighted by molar-refractivity contribution is 4.83. The van der Waals surface area contributed by atoms with Crippen LogP contribution in [0.25, 0.3) is 0 Å². The Morgan fingerprint density at radius 2 is 2.28 bits per heavy atom. The molecule has 0 aliphatic carbocycles. The van der Waals surface area contributed by atoms with Crippen LogP contribution in [0, 0.1) is 0 Å². The molecule has 1 aliphatic rings. The van der Waals surface area contributed by atoms with E-state index in [9.17, 15) is 5.11 Å². The van der Waals surface area contributed by atoms with Gasteiger partial charge in [-0.3, -0.25) is 4.90 Å². The molecule has 1 rings (SSSR count). The highest BCUT2D eigenvalue weighted by atomic mass is 16.5. The van der Waals surface area contributed by atoms with Crippen molar-refractivity contribution in [2.45, 2.75) is 51.6 Å². The summed E-state index contributed by atoms with van der Waals surface area (Å²) in [6, 6.07) is 0.530. The third-order valence-corrected chi connectivity index (χ3v) is 3.83. The molecule has 4 nitrogen and oxygen atoms in total. The highest BCUT2D eigenvalue weighted by Crippen LogP contribution is 2.14. The number of hydrogen-bond donors (Lipinski definition) is 2. The van der Waals surface area contributed by atoms with Gasteiger partial charge in [0, 0.05) is 18.1 Å². The minimum atomic E-state index is -0.120. The summed E-state index contributed by atoms with van der Waals surface area (Å²) in [7, 11) is 0. The van der Waals surface area contributed by atoms with E-state index in [1.807, 2.05) is 0 Å². The van der Waals surface area contributed by atoms with Crippen LogP contribution in [-0.2, 0) is 4.74 Å². The Morgan fingerprint density at radius 3 is 2.89 bits per heavy atom. The molecule has 1 heterocycles. The van der Waals surface area contributed by atoms with Crippen LogP contribution < -0.4 is 5.32 Å². The van der Waals surface area contributed by atoms with Gasteiger partial charge in [-0.25, -0.2) is 0 Å². The number of nitrogens with one attached hydrogen (secondary N) is 1. The van der Waals surface area contributed by atoms with Crippen LogP contribution in [0.5, 0.6) is 0 Å². The number of morpholine rings is 1. The maximum atomic E-state index is 9.50. The summed E-state index contributed by atoms with van der Waals surface area (Å²) in [6.07, 6.45) is 3.25. The van der Waals surface area contributed by atoms with Crippen molar-refractivity contribution in [3.05, 3.63) is 0 Å². The smallest absolute Gasteiger partial charge is 0.0619 e. The number of rotatable bonds is 8. The number of aliphatic hydroxyl groups is 1. The van der Waals surface area contributed by atoms with Gasteiger partial charge in [0.25, 0.3) is 0 Å². The summed E-state index contributed by atoms with van der Waals surface area (Å²) >= 11 is 0. The van der Waals surface area contributed by atoms with E-state index >= 15 is 0 Å². The average Bonchev–Trinajstić information content (AvgIpc) is 2.39. The first-order valence-electron chi connectivity index (χ1n) is 7.29. The van der Waals surface area contributed by atoms with Gasteiger partial charge in [-0.05, 0) is 46.2 Å². The van der Waals surface area contributed by atoms with E-state index in [1.165, 1.54) is 0 Å². The van der Waals surface area contributed by atoms with Gasteiger partial charge in [-0.2, -0.15) is 0 Å². The van der Waals surface area contributed by atoms with Crippen LogP contribution in [-0.4, -0.2) is 61.0 Å². The third-order valence-electron chi connectivity index (χ3n) is 3.83. The fourth-order valence-corrected chi connectivity index (χ4v) is 2.42. The Balaban J connectivity index is 2.25. The van der Waals surface area contributed by atoms with E-state index < -0.39 is 0 Å². The molecular weight excluding hydrogens is 228 g/mol. The van der Waals surface area contributed by atoms with Gasteiger partial charge in [0.05, 0.1) is 19.8 Å². The number of ether oxygens (including phenoxy) is 1. The summed E-state index contributed by atoms with van der Waals surface area (Å²) in [4.78, 5) is 2.49. The van der Waals surface area contributed by atoms with Crippen molar-refractivity contribution in [3.8, 4) is 0 Å². The zero-order chi connectivity index (χ0) is 13.4. The lowest BCUT2D eigenvalue weighted by Gasteiger charge is -2.35. The molecule has 0 amide bonds. The molecule has 18 heavy (non-hydrogen) atoms. The van der Waals surface area contributed by atoms with Crippen LogP contribution in [0.15, 0.2) is 0 Å². The fraction of sp³-hybridized carbons (Fsp3) is 1.00. The Labute approximate surface area is 112 Å². The molecule has 1 aliphatic heterocycles. The first-order valence-corrected chi connectivity index (χ1v) is 7.29. The molecule has 0 aromatic heterocycles. The lowest BCUT2D eigenvalue weighted by Crippen LogP contribution is -2.48. The van der Waals surface area contributed by atoms with E-state index in [0.29, 0.717) is 6.04 Å². The summed E-state index contributed by atoms with van der Waals surface area (Å²) < 4.78 is 5.44. The highest BCUT2D eigenvalue weighted by Gasteiger charge is 2.23. The van der Waals surface area contributed by atoms with Crippen LogP contribution in [0.2, 0.25) is 0 Å². The first kappa shape index (κ1) is 15.9. The first-order chi connectivity index (χ1) is 8.61. The molecule has 0 aromatic carbocycles. The largest absolute Gasteiger partial charge is 0.394 e. The molecule has 0 radical (unpaired) electrons. The lowest BCUT2D eigenvalue weighted by molar-refractivity contribution is -0.00211. The Bertz CT molecular complexity index is 226. The molecule has 0 saturated carbocycles. The summed E-state index contributed by atoms with van der Waals surface area (Å²) in [6.45, 7) is 11.5. The molecule has 1 fully saturated rings. The molecule has 2 N–H and O–H groups in total. The molecule has 4 heteroatoms.